The predicted molar refractivity (Wildman–Crippen MR) is 78.8 cm³/mol. The smallest absolute Gasteiger partial charge is 0.387 e. The summed E-state index contributed by atoms with van der Waals surface area (Å²) in [6, 6.07) is 3.35. The topological polar surface area (TPSA) is 64.4 Å². The van der Waals surface area contributed by atoms with E-state index in [2.05, 4.69) is 10.1 Å². The van der Waals surface area contributed by atoms with Gasteiger partial charge in [-0.25, -0.2) is 4.39 Å². The van der Waals surface area contributed by atoms with E-state index in [4.69, 9.17) is 5.73 Å². The summed E-state index contributed by atoms with van der Waals surface area (Å²) in [7, 11) is 0. The van der Waals surface area contributed by atoms with Crippen LogP contribution in [0.4, 0.5) is 18.9 Å². The van der Waals surface area contributed by atoms with Gasteiger partial charge in [0.2, 0.25) is 5.91 Å². The summed E-state index contributed by atoms with van der Waals surface area (Å²) in [5.41, 5.74) is 5.83. The van der Waals surface area contributed by atoms with Gasteiger partial charge in [0.25, 0.3) is 0 Å². The quantitative estimate of drug-likeness (QED) is 0.866. The molecule has 1 aliphatic carbocycles. The molecule has 0 bridgehead atoms. The Morgan fingerprint density at radius 2 is 2.14 bits per heavy atom. The SMILES string of the molecule is Cl.NC[C@H]1CCC[C@H]1C(=O)Nc1ccc(OC(F)F)c(F)c1. The average molecular weight is 339 g/mol. The van der Waals surface area contributed by atoms with Crippen LogP contribution in [0.2, 0.25) is 0 Å². The van der Waals surface area contributed by atoms with Crippen molar-refractivity contribution >= 4 is 24.0 Å². The molecule has 124 valence electrons. The van der Waals surface area contributed by atoms with Crippen LogP contribution in [0.3, 0.4) is 0 Å². The first-order valence-electron chi connectivity index (χ1n) is 6.76. The highest BCUT2D eigenvalue weighted by Crippen LogP contribution is 2.32. The van der Waals surface area contributed by atoms with Crippen LogP contribution in [-0.2, 0) is 4.79 Å². The van der Waals surface area contributed by atoms with E-state index in [1.165, 1.54) is 6.07 Å². The van der Waals surface area contributed by atoms with Gasteiger partial charge < -0.3 is 15.8 Å². The Morgan fingerprint density at radius 1 is 1.41 bits per heavy atom. The summed E-state index contributed by atoms with van der Waals surface area (Å²) in [5, 5.41) is 2.59. The molecule has 4 nitrogen and oxygen atoms in total. The maximum Gasteiger partial charge on any atom is 0.387 e. The third-order valence-corrected chi connectivity index (χ3v) is 3.71. The highest BCUT2D eigenvalue weighted by molar-refractivity contribution is 5.93. The molecule has 0 aliphatic heterocycles. The number of carbonyl (C=O) groups excluding carboxylic acids is 1. The van der Waals surface area contributed by atoms with E-state index in [9.17, 15) is 18.0 Å². The van der Waals surface area contributed by atoms with Crippen molar-refractivity contribution < 1.29 is 22.7 Å². The maximum absolute atomic E-state index is 13.6. The van der Waals surface area contributed by atoms with Crippen molar-refractivity contribution in [3.63, 3.8) is 0 Å². The molecule has 1 aromatic carbocycles. The summed E-state index contributed by atoms with van der Waals surface area (Å²) >= 11 is 0. The second-order valence-corrected chi connectivity index (χ2v) is 5.05. The number of nitrogens with one attached hydrogen (secondary N) is 1. The van der Waals surface area contributed by atoms with Crippen LogP contribution in [0.15, 0.2) is 18.2 Å². The van der Waals surface area contributed by atoms with Crippen molar-refractivity contribution in [3.8, 4) is 5.75 Å². The van der Waals surface area contributed by atoms with Gasteiger partial charge in [0.15, 0.2) is 11.6 Å². The predicted octanol–water partition coefficient (Wildman–Crippen LogP) is 3.16. The summed E-state index contributed by atoms with van der Waals surface area (Å²) < 4.78 is 41.6. The van der Waals surface area contributed by atoms with E-state index in [1.54, 1.807) is 0 Å². The van der Waals surface area contributed by atoms with Gasteiger partial charge in [-0.1, -0.05) is 6.42 Å². The minimum absolute atomic E-state index is 0. The molecule has 22 heavy (non-hydrogen) atoms. The number of anilines is 1. The standard InChI is InChI=1S/C14H17F3N2O2.ClH/c15-11-6-9(4-5-12(11)21-14(16)17)19-13(20)10-3-1-2-8(10)7-18;/h4-6,8,10,14H,1-3,7,18H2,(H,19,20);1H/t8-,10-;/m1./s1. The van der Waals surface area contributed by atoms with Gasteiger partial charge in [-0.15, -0.1) is 12.4 Å². The Hall–Kier alpha value is -1.47. The number of benzene rings is 1. The number of hydrogen-bond acceptors (Lipinski definition) is 3. The van der Waals surface area contributed by atoms with Crippen LogP contribution < -0.4 is 15.8 Å². The fourth-order valence-corrected chi connectivity index (χ4v) is 2.67. The highest BCUT2D eigenvalue weighted by Gasteiger charge is 2.31. The first kappa shape index (κ1) is 18.6. The monoisotopic (exact) mass is 338 g/mol. The fraction of sp³-hybridized carbons (Fsp3) is 0.500. The van der Waals surface area contributed by atoms with E-state index < -0.39 is 18.2 Å². The Labute approximate surface area is 132 Å². The molecule has 1 aliphatic rings. The largest absolute Gasteiger partial charge is 0.432 e. The van der Waals surface area contributed by atoms with Crippen LogP contribution in [0.1, 0.15) is 19.3 Å². The first-order valence-corrected chi connectivity index (χ1v) is 6.76. The molecule has 1 amide bonds. The van der Waals surface area contributed by atoms with E-state index in [0.29, 0.717) is 6.54 Å². The van der Waals surface area contributed by atoms with Crippen LogP contribution in [0.5, 0.6) is 5.75 Å². The second kappa shape index (κ2) is 8.24. The van der Waals surface area contributed by atoms with E-state index in [1.807, 2.05) is 0 Å². The molecular formula is C14H18ClF3N2O2. The van der Waals surface area contributed by atoms with Gasteiger partial charge >= 0.3 is 6.61 Å². The Balaban J connectivity index is 0.00000242. The molecule has 2 rings (SSSR count). The zero-order valence-corrected chi connectivity index (χ0v) is 12.5. The molecule has 1 saturated carbocycles. The molecule has 0 unspecified atom stereocenters. The number of carbonyl (C=O) groups is 1. The lowest BCUT2D eigenvalue weighted by molar-refractivity contribution is -0.120. The number of rotatable bonds is 5. The van der Waals surface area contributed by atoms with Gasteiger partial charge in [-0.05, 0) is 37.4 Å². The third-order valence-electron chi connectivity index (χ3n) is 3.71. The lowest BCUT2D eigenvalue weighted by Crippen LogP contribution is -2.29. The number of halogens is 4. The summed E-state index contributed by atoms with van der Waals surface area (Å²) in [6.07, 6.45) is 2.60. The molecule has 1 aromatic rings. The maximum atomic E-state index is 13.6. The van der Waals surface area contributed by atoms with Crippen molar-refractivity contribution in [2.75, 3.05) is 11.9 Å². The normalized spacial score (nSPS) is 20.6. The van der Waals surface area contributed by atoms with Crippen molar-refractivity contribution in [2.45, 2.75) is 25.9 Å². The minimum atomic E-state index is -3.09. The second-order valence-electron chi connectivity index (χ2n) is 5.05. The van der Waals surface area contributed by atoms with E-state index in [-0.39, 0.29) is 35.8 Å². The van der Waals surface area contributed by atoms with Gasteiger partial charge in [0.05, 0.1) is 0 Å². The fourth-order valence-electron chi connectivity index (χ4n) is 2.67. The number of amides is 1. The molecule has 8 heteroatoms. The molecular weight excluding hydrogens is 321 g/mol. The molecule has 0 spiro atoms. The summed E-state index contributed by atoms with van der Waals surface area (Å²) in [5.74, 6) is -1.77. The lowest BCUT2D eigenvalue weighted by Gasteiger charge is -2.17. The van der Waals surface area contributed by atoms with Gasteiger partial charge in [-0.3, -0.25) is 4.79 Å². The Kier molecular flexibility index (Phi) is 6.96. The molecule has 0 aromatic heterocycles. The van der Waals surface area contributed by atoms with Gasteiger partial charge in [0.1, 0.15) is 0 Å². The molecule has 0 heterocycles. The zero-order chi connectivity index (χ0) is 15.4. The molecule has 3 N–H and O–H groups in total. The molecule has 0 saturated heterocycles. The van der Waals surface area contributed by atoms with Crippen molar-refractivity contribution in [1.29, 1.82) is 0 Å². The van der Waals surface area contributed by atoms with Crippen LogP contribution in [0, 0.1) is 17.7 Å². The van der Waals surface area contributed by atoms with Gasteiger partial charge in [0, 0.05) is 17.7 Å². The number of hydrogen-bond donors (Lipinski definition) is 2. The third kappa shape index (κ3) is 4.51. The van der Waals surface area contributed by atoms with Crippen molar-refractivity contribution in [3.05, 3.63) is 24.0 Å². The van der Waals surface area contributed by atoms with Crippen LogP contribution in [0.25, 0.3) is 0 Å². The van der Waals surface area contributed by atoms with Crippen LogP contribution in [-0.4, -0.2) is 19.1 Å². The zero-order valence-electron chi connectivity index (χ0n) is 11.7. The first-order chi connectivity index (χ1) is 10.0. The van der Waals surface area contributed by atoms with E-state index >= 15 is 0 Å². The summed E-state index contributed by atoms with van der Waals surface area (Å²) in [4.78, 5) is 12.1. The Bertz CT molecular complexity index is 517. The average Bonchev–Trinajstić information content (AvgIpc) is 2.90. The number of ether oxygens (including phenoxy) is 1. The van der Waals surface area contributed by atoms with E-state index in [0.717, 1.165) is 31.4 Å². The number of nitrogens with two attached hydrogens (primary N) is 1. The highest BCUT2D eigenvalue weighted by atomic mass is 35.5. The summed E-state index contributed by atoms with van der Waals surface area (Å²) in [6.45, 7) is -2.66. The number of alkyl halides is 2. The van der Waals surface area contributed by atoms with Crippen molar-refractivity contribution in [1.82, 2.24) is 0 Å². The van der Waals surface area contributed by atoms with Gasteiger partial charge in [-0.2, -0.15) is 8.78 Å². The molecule has 0 radical (unpaired) electrons. The minimum Gasteiger partial charge on any atom is -0.432 e. The lowest BCUT2D eigenvalue weighted by atomic mass is 9.95. The van der Waals surface area contributed by atoms with Crippen LogP contribution >= 0.6 is 12.4 Å². The molecule has 1 fully saturated rings. The van der Waals surface area contributed by atoms with Crippen molar-refractivity contribution in [2.24, 2.45) is 17.6 Å². The molecule has 2 atom stereocenters. The Morgan fingerprint density at radius 3 is 2.73 bits per heavy atom.